The van der Waals surface area contributed by atoms with Gasteiger partial charge in [-0.1, -0.05) is 12.1 Å². The van der Waals surface area contributed by atoms with Crippen LogP contribution in [0, 0.1) is 0 Å². The number of rotatable bonds is 3. The monoisotopic (exact) mass is 266 g/mol. The van der Waals surface area contributed by atoms with Crippen LogP contribution < -0.4 is 5.32 Å². The zero-order valence-corrected chi connectivity index (χ0v) is 11.3. The van der Waals surface area contributed by atoms with E-state index < -0.39 is 0 Å². The molecule has 1 saturated heterocycles. The summed E-state index contributed by atoms with van der Waals surface area (Å²) in [6.07, 6.45) is 0.0692. The van der Waals surface area contributed by atoms with Gasteiger partial charge >= 0.3 is 0 Å². The highest BCUT2D eigenvalue weighted by molar-refractivity contribution is 7.80. The molecule has 1 heterocycles. The average molecular weight is 266 g/mol. The van der Waals surface area contributed by atoms with Gasteiger partial charge in [0, 0.05) is 24.5 Å². The van der Waals surface area contributed by atoms with E-state index in [1.54, 1.807) is 6.07 Å². The van der Waals surface area contributed by atoms with Crippen molar-refractivity contribution in [1.29, 1.82) is 0 Å². The fraction of sp³-hybridized carbons (Fsp3) is 0.462. The molecule has 1 fully saturated rings. The highest BCUT2D eigenvalue weighted by atomic mass is 32.1. The topological polar surface area (TPSA) is 41.6 Å². The second-order valence-electron chi connectivity index (χ2n) is 4.48. The molecule has 5 heteroatoms. The van der Waals surface area contributed by atoms with Gasteiger partial charge in [-0.05, 0) is 19.2 Å². The van der Waals surface area contributed by atoms with Crippen molar-refractivity contribution in [3.63, 3.8) is 0 Å². The van der Waals surface area contributed by atoms with Crippen LogP contribution in [0.1, 0.15) is 10.4 Å². The molecule has 0 aliphatic carbocycles. The zero-order chi connectivity index (χ0) is 13.0. The lowest BCUT2D eigenvalue weighted by molar-refractivity contribution is -0.0175. The van der Waals surface area contributed by atoms with E-state index in [2.05, 4.69) is 29.9 Å². The summed E-state index contributed by atoms with van der Waals surface area (Å²) in [5.41, 5.74) is 0.602. The van der Waals surface area contributed by atoms with Crippen molar-refractivity contribution in [2.24, 2.45) is 0 Å². The molecule has 18 heavy (non-hydrogen) atoms. The Kier molecular flexibility index (Phi) is 4.63. The van der Waals surface area contributed by atoms with Gasteiger partial charge in [-0.15, -0.1) is 12.6 Å². The van der Waals surface area contributed by atoms with Crippen molar-refractivity contribution in [2.75, 3.05) is 33.3 Å². The molecule has 4 nitrogen and oxygen atoms in total. The minimum atomic E-state index is -0.0996. The Labute approximate surface area is 113 Å². The summed E-state index contributed by atoms with van der Waals surface area (Å²) in [5, 5.41) is 2.89. The Morgan fingerprint density at radius 1 is 1.56 bits per heavy atom. The standard InChI is InChI=1S/C13H18N2O2S/c1-15-6-7-17-10(9-15)8-14-13(16)11-4-2-3-5-12(11)18/h2-5,10,18H,6-9H2,1H3,(H,14,16). The Balaban J connectivity index is 1.87. The summed E-state index contributed by atoms with van der Waals surface area (Å²) in [5.74, 6) is -0.0996. The molecule has 1 N–H and O–H groups in total. The third-order valence-corrected chi connectivity index (χ3v) is 3.37. The molecule has 1 unspecified atom stereocenters. The lowest BCUT2D eigenvalue weighted by Gasteiger charge is -2.30. The molecule has 1 amide bonds. The first-order chi connectivity index (χ1) is 8.66. The number of likely N-dealkylation sites (N-methyl/N-ethyl adjacent to an activating group) is 1. The predicted molar refractivity (Wildman–Crippen MR) is 73.3 cm³/mol. The van der Waals surface area contributed by atoms with Gasteiger partial charge in [0.1, 0.15) is 0 Å². The van der Waals surface area contributed by atoms with Crippen LogP contribution in [-0.2, 0) is 4.74 Å². The molecule has 1 aliphatic rings. The molecule has 1 atom stereocenters. The third-order valence-electron chi connectivity index (χ3n) is 2.98. The summed E-state index contributed by atoms with van der Waals surface area (Å²) < 4.78 is 5.59. The third kappa shape index (κ3) is 3.48. The molecule has 1 aliphatic heterocycles. The molecule has 0 radical (unpaired) electrons. The van der Waals surface area contributed by atoms with E-state index in [1.165, 1.54) is 0 Å². The molecule has 1 aromatic carbocycles. The number of thiol groups is 1. The Hall–Kier alpha value is -1.04. The van der Waals surface area contributed by atoms with Crippen LogP contribution in [0.4, 0.5) is 0 Å². The van der Waals surface area contributed by atoms with E-state index in [0.29, 0.717) is 17.0 Å². The first-order valence-corrected chi connectivity index (χ1v) is 6.48. The Bertz CT molecular complexity index is 425. The van der Waals surface area contributed by atoms with Gasteiger partial charge in [0.2, 0.25) is 0 Å². The van der Waals surface area contributed by atoms with E-state index in [9.17, 15) is 4.79 Å². The van der Waals surface area contributed by atoms with Gasteiger partial charge in [-0.25, -0.2) is 0 Å². The average Bonchev–Trinajstić information content (AvgIpc) is 2.37. The van der Waals surface area contributed by atoms with Crippen molar-refractivity contribution >= 4 is 18.5 Å². The lowest BCUT2D eigenvalue weighted by Crippen LogP contribution is -2.45. The largest absolute Gasteiger partial charge is 0.374 e. The van der Waals surface area contributed by atoms with Crippen LogP contribution in [0.3, 0.4) is 0 Å². The number of nitrogens with zero attached hydrogens (tertiary/aromatic N) is 1. The van der Waals surface area contributed by atoms with Gasteiger partial charge in [0.05, 0.1) is 18.3 Å². The Morgan fingerprint density at radius 3 is 3.06 bits per heavy atom. The van der Waals surface area contributed by atoms with Gasteiger partial charge in [0.25, 0.3) is 5.91 Å². The highest BCUT2D eigenvalue weighted by Gasteiger charge is 2.18. The molecule has 1 aromatic rings. The van der Waals surface area contributed by atoms with Crippen LogP contribution in [-0.4, -0.2) is 50.2 Å². The highest BCUT2D eigenvalue weighted by Crippen LogP contribution is 2.12. The van der Waals surface area contributed by atoms with E-state index in [0.717, 1.165) is 19.7 Å². The fourth-order valence-corrected chi connectivity index (χ4v) is 2.22. The van der Waals surface area contributed by atoms with E-state index in [1.807, 2.05) is 18.2 Å². The SMILES string of the molecule is CN1CCOC(CNC(=O)c2ccccc2S)C1. The van der Waals surface area contributed by atoms with Crippen LogP contribution in [0.2, 0.25) is 0 Å². The molecular weight excluding hydrogens is 248 g/mol. The van der Waals surface area contributed by atoms with E-state index in [-0.39, 0.29) is 12.0 Å². The molecule has 0 saturated carbocycles. The number of carbonyl (C=O) groups is 1. The van der Waals surface area contributed by atoms with Crippen molar-refractivity contribution < 1.29 is 9.53 Å². The molecular formula is C13H18N2O2S. The van der Waals surface area contributed by atoms with Crippen LogP contribution in [0.5, 0.6) is 0 Å². The summed E-state index contributed by atoms with van der Waals surface area (Å²) in [6, 6.07) is 7.27. The summed E-state index contributed by atoms with van der Waals surface area (Å²) >= 11 is 4.27. The number of hydrogen-bond acceptors (Lipinski definition) is 4. The quantitative estimate of drug-likeness (QED) is 0.803. The number of morpholine rings is 1. The van der Waals surface area contributed by atoms with Gasteiger partial charge in [-0.3, -0.25) is 4.79 Å². The second-order valence-corrected chi connectivity index (χ2v) is 4.96. The fourth-order valence-electron chi connectivity index (χ4n) is 1.96. The summed E-state index contributed by atoms with van der Waals surface area (Å²) in [6.45, 7) is 3.05. The van der Waals surface area contributed by atoms with Gasteiger partial charge in [-0.2, -0.15) is 0 Å². The minimum absolute atomic E-state index is 0.0692. The maximum absolute atomic E-state index is 12.0. The number of ether oxygens (including phenoxy) is 1. The first kappa shape index (κ1) is 13.4. The normalized spacial score (nSPS) is 20.7. The smallest absolute Gasteiger partial charge is 0.252 e. The molecule has 0 spiro atoms. The van der Waals surface area contributed by atoms with Crippen LogP contribution >= 0.6 is 12.6 Å². The van der Waals surface area contributed by atoms with Gasteiger partial charge < -0.3 is 15.0 Å². The van der Waals surface area contributed by atoms with Crippen LogP contribution in [0.25, 0.3) is 0 Å². The van der Waals surface area contributed by atoms with Crippen molar-refractivity contribution in [1.82, 2.24) is 10.2 Å². The van der Waals surface area contributed by atoms with E-state index in [4.69, 9.17) is 4.74 Å². The van der Waals surface area contributed by atoms with E-state index >= 15 is 0 Å². The molecule has 0 aromatic heterocycles. The first-order valence-electron chi connectivity index (χ1n) is 6.03. The number of hydrogen-bond donors (Lipinski definition) is 2. The van der Waals surface area contributed by atoms with Crippen molar-refractivity contribution in [3.8, 4) is 0 Å². The zero-order valence-electron chi connectivity index (χ0n) is 10.4. The predicted octanol–water partition coefficient (Wildman–Crippen LogP) is 1.04. The minimum Gasteiger partial charge on any atom is -0.374 e. The summed E-state index contributed by atoms with van der Waals surface area (Å²) in [7, 11) is 2.06. The van der Waals surface area contributed by atoms with Crippen molar-refractivity contribution in [2.45, 2.75) is 11.0 Å². The van der Waals surface area contributed by atoms with Crippen LogP contribution in [0.15, 0.2) is 29.2 Å². The number of benzene rings is 1. The lowest BCUT2D eigenvalue weighted by atomic mass is 10.2. The number of amides is 1. The summed E-state index contributed by atoms with van der Waals surface area (Å²) in [4.78, 5) is 14.9. The van der Waals surface area contributed by atoms with Gasteiger partial charge in [0.15, 0.2) is 0 Å². The molecule has 0 bridgehead atoms. The maximum Gasteiger partial charge on any atom is 0.252 e. The second kappa shape index (κ2) is 6.22. The molecule has 98 valence electrons. The maximum atomic E-state index is 12.0. The molecule has 2 rings (SSSR count). The Morgan fingerprint density at radius 2 is 2.33 bits per heavy atom. The number of carbonyl (C=O) groups excluding carboxylic acids is 1. The van der Waals surface area contributed by atoms with Crippen molar-refractivity contribution in [3.05, 3.63) is 29.8 Å². The number of nitrogens with one attached hydrogen (secondary N) is 1.